The third-order valence-electron chi connectivity index (χ3n) is 6.35. The second-order valence-corrected chi connectivity index (χ2v) is 8.05. The van der Waals surface area contributed by atoms with Gasteiger partial charge in [-0.1, -0.05) is 39.0 Å². The van der Waals surface area contributed by atoms with Crippen LogP contribution in [0.1, 0.15) is 96.8 Å². The lowest BCUT2D eigenvalue weighted by Gasteiger charge is -2.41. The van der Waals surface area contributed by atoms with Crippen molar-refractivity contribution in [3.8, 4) is 6.07 Å². The van der Waals surface area contributed by atoms with E-state index in [1.54, 1.807) is 0 Å². The van der Waals surface area contributed by atoms with Crippen molar-refractivity contribution in [3.05, 3.63) is 0 Å². The fourth-order valence-electron chi connectivity index (χ4n) is 4.74. The lowest BCUT2D eigenvalue weighted by molar-refractivity contribution is 0.0902. The predicted octanol–water partition coefficient (Wildman–Crippen LogP) is 5.92. The molecule has 2 nitrogen and oxygen atoms in total. The van der Waals surface area contributed by atoms with Crippen LogP contribution in [-0.4, -0.2) is 24.0 Å². The van der Waals surface area contributed by atoms with E-state index in [1.165, 1.54) is 90.1 Å². The molecular weight excluding hydrogens is 280 g/mol. The van der Waals surface area contributed by atoms with Crippen LogP contribution in [0.2, 0.25) is 0 Å². The Balaban J connectivity index is 1.57. The number of rotatable bonds is 9. The molecule has 2 fully saturated rings. The third-order valence-corrected chi connectivity index (χ3v) is 6.35. The number of nitriles is 1. The minimum Gasteiger partial charge on any atom is -0.300 e. The highest BCUT2D eigenvalue weighted by Gasteiger charge is 2.28. The summed E-state index contributed by atoms with van der Waals surface area (Å²) in [6.07, 6.45) is 18.9. The van der Waals surface area contributed by atoms with Crippen LogP contribution in [0.4, 0.5) is 0 Å². The molecule has 2 rings (SSSR count). The standard InChI is InChI=1S/C21H38N2/c1-2-3-4-5-8-20-14-17-23(18-15-20)21-12-10-19(11-13-21)9-6-7-16-22/h19-21H,2-15,17-18H2,1H3. The molecule has 0 aromatic rings. The van der Waals surface area contributed by atoms with Crippen LogP contribution in [0.5, 0.6) is 0 Å². The van der Waals surface area contributed by atoms with E-state index in [1.807, 2.05) is 0 Å². The number of likely N-dealkylation sites (tertiary alicyclic amines) is 1. The van der Waals surface area contributed by atoms with E-state index in [0.717, 1.165) is 30.7 Å². The molecule has 0 atom stereocenters. The number of hydrogen-bond acceptors (Lipinski definition) is 2. The minimum absolute atomic E-state index is 0.756. The Labute approximate surface area is 144 Å². The van der Waals surface area contributed by atoms with Gasteiger partial charge in [0.15, 0.2) is 0 Å². The summed E-state index contributed by atoms with van der Waals surface area (Å²) < 4.78 is 0. The monoisotopic (exact) mass is 318 g/mol. The zero-order valence-electron chi connectivity index (χ0n) is 15.4. The zero-order chi connectivity index (χ0) is 16.3. The first-order valence-electron chi connectivity index (χ1n) is 10.4. The summed E-state index contributed by atoms with van der Waals surface area (Å²) in [5, 5.41) is 8.65. The number of unbranched alkanes of at least 4 members (excludes halogenated alkanes) is 4. The molecule has 0 spiro atoms. The highest BCUT2D eigenvalue weighted by molar-refractivity contribution is 4.83. The normalized spacial score (nSPS) is 27.0. The first-order valence-corrected chi connectivity index (χ1v) is 10.4. The van der Waals surface area contributed by atoms with Crippen molar-refractivity contribution in [2.75, 3.05) is 13.1 Å². The summed E-state index contributed by atoms with van der Waals surface area (Å²) >= 11 is 0. The van der Waals surface area contributed by atoms with Crippen LogP contribution < -0.4 is 0 Å². The molecule has 1 heterocycles. The molecule has 0 bridgehead atoms. The molecule has 1 saturated heterocycles. The van der Waals surface area contributed by atoms with Gasteiger partial charge >= 0.3 is 0 Å². The van der Waals surface area contributed by atoms with Gasteiger partial charge in [0.05, 0.1) is 6.07 Å². The summed E-state index contributed by atoms with van der Waals surface area (Å²) in [7, 11) is 0. The van der Waals surface area contributed by atoms with Gasteiger partial charge in [-0.05, 0) is 76.3 Å². The van der Waals surface area contributed by atoms with E-state index in [9.17, 15) is 0 Å². The maximum atomic E-state index is 8.65. The molecule has 0 unspecified atom stereocenters. The molecule has 1 saturated carbocycles. The first kappa shape index (κ1) is 18.8. The lowest BCUT2D eigenvalue weighted by Crippen LogP contribution is -2.43. The molecule has 1 aliphatic heterocycles. The summed E-state index contributed by atoms with van der Waals surface area (Å²) in [6.45, 7) is 5.03. The second-order valence-electron chi connectivity index (χ2n) is 8.05. The van der Waals surface area contributed by atoms with Crippen LogP contribution in [0.3, 0.4) is 0 Å². The Morgan fingerprint density at radius 2 is 1.48 bits per heavy atom. The van der Waals surface area contributed by atoms with Crippen LogP contribution in [0, 0.1) is 23.2 Å². The Bertz CT molecular complexity index is 330. The fourth-order valence-corrected chi connectivity index (χ4v) is 4.74. The molecule has 1 aliphatic carbocycles. The molecule has 0 radical (unpaired) electrons. The number of nitrogens with zero attached hydrogens (tertiary/aromatic N) is 2. The largest absolute Gasteiger partial charge is 0.300 e. The number of hydrogen-bond donors (Lipinski definition) is 0. The molecule has 0 N–H and O–H groups in total. The Hall–Kier alpha value is -0.550. The van der Waals surface area contributed by atoms with E-state index in [2.05, 4.69) is 17.9 Å². The van der Waals surface area contributed by atoms with Crippen molar-refractivity contribution >= 4 is 0 Å². The van der Waals surface area contributed by atoms with Crippen molar-refractivity contribution in [3.63, 3.8) is 0 Å². The van der Waals surface area contributed by atoms with Crippen molar-refractivity contribution in [1.29, 1.82) is 5.26 Å². The van der Waals surface area contributed by atoms with Gasteiger partial charge < -0.3 is 4.90 Å². The maximum Gasteiger partial charge on any atom is 0.0621 e. The van der Waals surface area contributed by atoms with E-state index >= 15 is 0 Å². The van der Waals surface area contributed by atoms with E-state index < -0.39 is 0 Å². The van der Waals surface area contributed by atoms with Crippen molar-refractivity contribution in [2.24, 2.45) is 11.8 Å². The van der Waals surface area contributed by atoms with Gasteiger partial charge in [0.2, 0.25) is 0 Å². The highest BCUT2D eigenvalue weighted by Crippen LogP contribution is 2.33. The molecule has 0 aromatic heterocycles. The average molecular weight is 319 g/mol. The second kappa shape index (κ2) is 11.1. The Kier molecular flexibility index (Phi) is 9.05. The van der Waals surface area contributed by atoms with Gasteiger partial charge in [0, 0.05) is 12.5 Å². The minimum atomic E-state index is 0.756. The molecule has 0 amide bonds. The van der Waals surface area contributed by atoms with Crippen LogP contribution in [-0.2, 0) is 0 Å². The molecule has 23 heavy (non-hydrogen) atoms. The highest BCUT2D eigenvalue weighted by atomic mass is 15.2. The van der Waals surface area contributed by atoms with Gasteiger partial charge in [0.1, 0.15) is 0 Å². The van der Waals surface area contributed by atoms with Gasteiger partial charge in [-0.25, -0.2) is 0 Å². The summed E-state index contributed by atoms with van der Waals surface area (Å²) in [6, 6.07) is 3.16. The third kappa shape index (κ3) is 6.84. The van der Waals surface area contributed by atoms with Crippen molar-refractivity contribution in [2.45, 2.75) is 103 Å². The van der Waals surface area contributed by atoms with E-state index in [0.29, 0.717) is 0 Å². The average Bonchev–Trinajstić information content (AvgIpc) is 2.60. The van der Waals surface area contributed by atoms with Gasteiger partial charge in [-0.15, -0.1) is 0 Å². The van der Waals surface area contributed by atoms with E-state index in [-0.39, 0.29) is 0 Å². The molecule has 2 aliphatic rings. The van der Waals surface area contributed by atoms with E-state index in [4.69, 9.17) is 5.26 Å². The van der Waals surface area contributed by atoms with Crippen LogP contribution in [0.15, 0.2) is 0 Å². The molecule has 0 aromatic carbocycles. The van der Waals surface area contributed by atoms with Crippen molar-refractivity contribution in [1.82, 2.24) is 4.90 Å². The predicted molar refractivity (Wildman–Crippen MR) is 98.3 cm³/mol. The van der Waals surface area contributed by atoms with Crippen molar-refractivity contribution < 1.29 is 0 Å². The van der Waals surface area contributed by atoms with Gasteiger partial charge in [-0.3, -0.25) is 0 Å². The van der Waals surface area contributed by atoms with Crippen LogP contribution >= 0.6 is 0 Å². The van der Waals surface area contributed by atoms with Crippen LogP contribution in [0.25, 0.3) is 0 Å². The smallest absolute Gasteiger partial charge is 0.0621 e. The molecule has 132 valence electrons. The maximum absolute atomic E-state index is 8.65. The fraction of sp³-hybridized carbons (Fsp3) is 0.952. The lowest BCUT2D eigenvalue weighted by atomic mass is 9.81. The van der Waals surface area contributed by atoms with Gasteiger partial charge in [0.25, 0.3) is 0 Å². The first-order chi connectivity index (χ1) is 11.3. The summed E-state index contributed by atoms with van der Waals surface area (Å²) in [5.74, 6) is 1.93. The number of piperidine rings is 1. The van der Waals surface area contributed by atoms with Gasteiger partial charge in [-0.2, -0.15) is 5.26 Å². The SMILES string of the molecule is CCCCCCC1CCN(C2CCC(CCCC#N)CC2)CC1. The topological polar surface area (TPSA) is 27.0 Å². The quantitative estimate of drug-likeness (QED) is 0.493. The molecular formula is C21H38N2. The summed E-state index contributed by atoms with van der Waals surface area (Å²) in [5.41, 5.74) is 0. The zero-order valence-corrected chi connectivity index (χ0v) is 15.4. The Morgan fingerprint density at radius 1 is 0.826 bits per heavy atom. The Morgan fingerprint density at radius 3 is 2.13 bits per heavy atom. The molecule has 2 heteroatoms. The summed E-state index contributed by atoms with van der Waals surface area (Å²) in [4.78, 5) is 2.81.